The third-order valence-corrected chi connectivity index (χ3v) is 4.58. The van der Waals surface area contributed by atoms with Gasteiger partial charge in [0.25, 0.3) is 0 Å². The van der Waals surface area contributed by atoms with Gasteiger partial charge in [0.2, 0.25) is 17.8 Å². The van der Waals surface area contributed by atoms with Gasteiger partial charge in [0.05, 0.1) is 19.2 Å². The molecule has 0 saturated carbocycles. The summed E-state index contributed by atoms with van der Waals surface area (Å²) in [5.74, 6) is 0.456. The number of carbonyl (C=O) groups is 2. The van der Waals surface area contributed by atoms with E-state index in [1.54, 1.807) is 48.5 Å². The summed E-state index contributed by atoms with van der Waals surface area (Å²) < 4.78 is 6.68. The largest absolute Gasteiger partial charge is 0.495 e. The smallest absolute Gasteiger partial charge is 0.250 e. The van der Waals surface area contributed by atoms with E-state index in [0.717, 1.165) is 5.56 Å². The molecule has 28 heavy (non-hydrogen) atoms. The summed E-state index contributed by atoms with van der Waals surface area (Å²) in [5, 5.41) is 10.5. The summed E-state index contributed by atoms with van der Waals surface area (Å²) in [6.45, 7) is 0. The maximum Gasteiger partial charge on any atom is 0.250 e. The predicted molar refractivity (Wildman–Crippen MR) is 104 cm³/mol. The van der Waals surface area contributed by atoms with Gasteiger partial charge in [0, 0.05) is 10.6 Å². The van der Waals surface area contributed by atoms with E-state index >= 15 is 0 Å². The Labute approximate surface area is 165 Å². The number of hydrogen-bond acceptors (Lipinski definition) is 5. The molecule has 0 spiro atoms. The second kappa shape index (κ2) is 7.32. The molecule has 142 valence electrons. The van der Waals surface area contributed by atoms with E-state index in [9.17, 15) is 9.59 Å². The molecule has 4 rings (SSSR count). The number of anilines is 2. The number of fused-ring (bicyclic) bond motifs is 1. The lowest BCUT2D eigenvalue weighted by atomic mass is 10.1. The second-order valence-electron chi connectivity index (χ2n) is 6.17. The highest BCUT2D eigenvalue weighted by molar-refractivity contribution is 6.30. The van der Waals surface area contributed by atoms with Gasteiger partial charge in [-0.05, 0) is 36.4 Å². The fourth-order valence-corrected chi connectivity index (χ4v) is 3.08. The van der Waals surface area contributed by atoms with E-state index in [-0.39, 0.29) is 24.2 Å². The normalized spacial score (nSPS) is 15.5. The summed E-state index contributed by atoms with van der Waals surface area (Å²) in [6.07, 6.45) is -0.0442. The number of nitrogens with zero attached hydrogens (tertiary/aromatic N) is 3. The van der Waals surface area contributed by atoms with Crippen LogP contribution in [0.2, 0.25) is 5.02 Å². The average molecular weight is 398 g/mol. The molecule has 2 heterocycles. The Kier molecular flexibility index (Phi) is 4.70. The van der Waals surface area contributed by atoms with Crippen molar-refractivity contribution in [1.82, 2.24) is 14.8 Å². The molecule has 0 radical (unpaired) electrons. The molecule has 9 heteroatoms. The Balaban J connectivity index is 1.65. The molecule has 2 amide bonds. The monoisotopic (exact) mass is 397 g/mol. The molecule has 1 aromatic heterocycles. The van der Waals surface area contributed by atoms with Gasteiger partial charge in [-0.25, -0.2) is 4.68 Å². The Hall–Kier alpha value is -3.39. The number of nitrogens with one attached hydrogen (secondary N) is 2. The van der Waals surface area contributed by atoms with Crippen molar-refractivity contribution in [2.75, 3.05) is 17.7 Å². The zero-order valence-electron chi connectivity index (χ0n) is 14.8. The van der Waals surface area contributed by atoms with Crippen LogP contribution in [0.5, 0.6) is 5.75 Å². The van der Waals surface area contributed by atoms with Crippen molar-refractivity contribution >= 4 is 35.1 Å². The van der Waals surface area contributed by atoms with E-state index in [0.29, 0.717) is 22.3 Å². The van der Waals surface area contributed by atoms with Crippen LogP contribution in [0.3, 0.4) is 0 Å². The molecule has 3 aromatic rings. The van der Waals surface area contributed by atoms with E-state index in [1.165, 1.54) is 11.8 Å². The summed E-state index contributed by atoms with van der Waals surface area (Å²) in [4.78, 5) is 29.3. The second-order valence-corrected chi connectivity index (χ2v) is 6.60. The number of para-hydroxylation sites is 2. The highest BCUT2D eigenvalue weighted by atomic mass is 35.5. The number of halogens is 1. The van der Waals surface area contributed by atoms with Crippen LogP contribution in [0.1, 0.15) is 12.5 Å². The van der Waals surface area contributed by atoms with Crippen LogP contribution in [0.25, 0.3) is 11.4 Å². The third-order valence-electron chi connectivity index (χ3n) is 4.33. The van der Waals surface area contributed by atoms with Crippen molar-refractivity contribution in [2.45, 2.75) is 12.5 Å². The summed E-state index contributed by atoms with van der Waals surface area (Å²) >= 11 is 5.92. The van der Waals surface area contributed by atoms with Crippen LogP contribution in [0, 0.1) is 0 Å². The number of amides is 2. The molecule has 1 unspecified atom stereocenters. The minimum absolute atomic E-state index is 0.0442. The molecule has 2 aromatic carbocycles. The SMILES string of the molecule is COc1ccccc1NC(=O)C1CC(=O)Nc2nc(-c3ccc(Cl)cc3)nn21. The number of aromatic nitrogens is 3. The zero-order valence-corrected chi connectivity index (χ0v) is 15.6. The Morgan fingerprint density at radius 1 is 1.25 bits per heavy atom. The lowest BCUT2D eigenvalue weighted by Crippen LogP contribution is -2.36. The van der Waals surface area contributed by atoms with Gasteiger partial charge in [-0.15, -0.1) is 5.10 Å². The Bertz CT molecular complexity index is 1050. The molecule has 1 atom stereocenters. The van der Waals surface area contributed by atoms with Crippen molar-refractivity contribution in [2.24, 2.45) is 0 Å². The lowest BCUT2D eigenvalue weighted by Gasteiger charge is -2.22. The van der Waals surface area contributed by atoms with Crippen molar-refractivity contribution in [3.05, 3.63) is 53.6 Å². The van der Waals surface area contributed by atoms with Crippen molar-refractivity contribution < 1.29 is 14.3 Å². The third kappa shape index (κ3) is 3.41. The van der Waals surface area contributed by atoms with E-state index in [4.69, 9.17) is 16.3 Å². The van der Waals surface area contributed by atoms with Crippen molar-refractivity contribution in [3.63, 3.8) is 0 Å². The van der Waals surface area contributed by atoms with E-state index in [2.05, 4.69) is 20.7 Å². The molecule has 0 bridgehead atoms. The molecule has 0 saturated heterocycles. The Morgan fingerprint density at radius 3 is 2.75 bits per heavy atom. The van der Waals surface area contributed by atoms with Crippen LogP contribution < -0.4 is 15.4 Å². The number of benzene rings is 2. The number of carbonyl (C=O) groups excluding carboxylic acids is 2. The lowest BCUT2D eigenvalue weighted by molar-refractivity contribution is -0.125. The zero-order chi connectivity index (χ0) is 19.7. The standard InChI is InChI=1S/C19H16ClN5O3/c1-28-15-5-3-2-4-13(15)21-18(27)14-10-16(26)22-19-23-17(24-25(14)19)11-6-8-12(20)9-7-11/h2-9,14H,10H2,1H3,(H,21,27)(H,22,23,24,26). The summed E-state index contributed by atoms with van der Waals surface area (Å²) in [6, 6.07) is 13.2. The Morgan fingerprint density at radius 2 is 2.00 bits per heavy atom. The molecule has 0 fully saturated rings. The van der Waals surface area contributed by atoms with E-state index < -0.39 is 6.04 Å². The molecule has 2 N–H and O–H groups in total. The minimum atomic E-state index is -0.831. The maximum atomic E-state index is 12.9. The molecular weight excluding hydrogens is 382 g/mol. The first-order chi connectivity index (χ1) is 13.5. The van der Waals surface area contributed by atoms with Crippen LogP contribution in [0.15, 0.2) is 48.5 Å². The van der Waals surface area contributed by atoms with Crippen LogP contribution in [-0.4, -0.2) is 33.7 Å². The maximum absolute atomic E-state index is 12.9. The average Bonchev–Trinajstić information content (AvgIpc) is 3.12. The van der Waals surface area contributed by atoms with Crippen molar-refractivity contribution in [1.29, 1.82) is 0 Å². The summed E-state index contributed by atoms with van der Waals surface area (Å²) in [5.41, 5.74) is 1.24. The van der Waals surface area contributed by atoms with Gasteiger partial charge in [-0.2, -0.15) is 4.98 Å². The molecule has 8 nitrogen and oxygen atoms in total. The first-order valence-electron chi connectivity index (χ1n) is 8.51. The molecule has 0 aliphatic carbocycles. The van der Waals surface area contributed by atoms with Gasteiger partial charge in [-0.3, -0.25) is 14.9 Å². The van der Waals surface area contributed by atoms with Gasteiger partial charge in [0.15, 0.2) is 5.82 Å². The number of hydrogen-bond donors (Lipinski definition) is 2. The highest BCUT2D eigenvalue weighted by Gasteiger charge is 2.33. The first-order valence-corrected chi connectivity index (χ1v) is 8.89. The number of rotatable bonds is 4. The molecule has 1 aliphatic rings. The number of methoxy groups -OCH3 is 1. The van der Waals surface area contributed by atoms with Crippen molar-refractivity contribution in [3.8, 4) is 17.1 Å². The molecular formula is C19H16ClN5O3. The minimum Gasteiger partial charge on any atom is -0.495 e. The quantitative estimate of drug-likeness (QED) is 0.704. The fourth-order valence-electron chi connectivity index (χ4n) is 2.95. The number of ether oxygens (including phenoxy) is 1. The summed E-state index contributed by atoms with van der Waals surface area (Å²) in [7, 11) is 1.52. The fraction of sp³-hybridized carbons (Fsp3) is 0.158. The highest BCUT2D eigenvalue weighted by Crippen LogP contribution is 2.29. The molecule has 1 aliphatic heterocycles. The van der Waals surface area contributed by atoms with Gasteiger partial charge in [-0.1, -0.05) is 23.7 Å². The predicted octanol–water partition coefficient (Wildman–Crippen LogP) is 3.13. The van der Waals surface area contributed by atoms with Gasteiger partial charge >= 0.3 is 0 Å². The van der Waals surface area contributed by atoms with Crippen LogP contribution in [-0.2, 0) is 9.59 Å². The van der Waals surface area contributed by atoms with Gasteiger partial charge < -0.3 is 10.1 Å². The van der Waals surface area contributed by atoms with Crippen LogP contribution >= 0.6 is 11.6 Å². The topological polar surface area (TPSA) is 98.1 Å². The van der Waals surface area contributed by atoms with E-state index in [1.807, 2.05) is 0 Å². The van der Waals surface area contributed by atoms with Gasteiger partial charge in [0.1, 0.15) is 11.8 Å². The first kappa shape index (κ1) is 18.0. The van der Waals surface area contributed by atoms with Crippen LogP contribution in [0.4, 0.5) is 11.6 Å².